The van der Waals surface area contributed by atoms with Gasteiger partial charge in [0.15, 0.2) is 0 Å². The summed E-state index contributed by atoms with van der Waals surface area (Å²) in [6, 6.07) is 0. The van der Waals surface area contributed by atoms with E-state index in [1.807, 2.05) is 0 Å². The molecule has 1 aliphatic heterocycles. The molecule has 1 heterocycles. The van der Waals surface area contributed by atoms with Crippen LogP contribution >= 0.6 is 0 Å². The van der Waals surface area contributed by atoms with Crippen molar-refractivity contribution in [2.24, 2.45) is 11.3 Å². The van der Waals surface area contributed by atoms with Crippen molar-refractivity contribution in [3.8, 4) is 0 Å². The summed E-state index contributed by atoms with van der Waals surface area (Å²) < 4.78 is 3.19. The third kappa shape index (κ3) is 1.45. The molecule has 0 saturated carbocycles. The molecule has 1 saturated heterocycles. The summed E-state index contributed by atoms with van der Waals surface area (Å²) in [6.45, 7) is 7.05. The van der Waals surface area contributed by atoms with E-state index >= 15 is 0 Å². The van der Waals surface area contributed by atoms with Crippen molar-refractivity contribution in [3.05, 3.63) is 0 Å². The molecule has 0 N–H and O–H groups in total. The summed E-state index contributed by atoms with van der Waals surface area (Å²) in [4.78, 5) is 2.40. The molecule has 1 aliphatic rings. The van der Waals surface area contributed by atoms with Crippen LogP contribution in [0, 0.1) is 11.3 Å². The van der Waals surface area contributed by atoms with Gasteiger partial charge in [-0.05, 0) is 0 Å². The van der Waals surface area contributed by atoms with Crippen LogP contribution in [0.25, 0.3) is 0 Å². The maximum atomic E-state index is 2.40. The summed E-state index contributed by atoms with van der Waals surface area (Å²) in [6.07, 6.45) is 0. The van der Waals surface area contributed by atoms with Crippen LogP contribution in [0.2, 0.25) is 0 Å². The SMILES string of the molecule is CC1[C](=[W])N(C)[C](=[W])C1(C)C. The van der Waals surface area contributed by atoms with Gasteiger partial charge in [0.1, 0.15) is 0 Å². The number of hydrogen-bond donors (Lipinski definition) is 0. The maximum absolute atomic E-state index is 2.40. The number of likely N-dealkylation sites (tertiary alicyclic amines) is 1. The van der Waals surface area contributed by atoms with Crippen LogP contribution in [-0.2, 0) is 38.7 Å². The second-order valence-electron chi connectivity index (χ2n) is 3.65. The fourth-order valence-corrected chi connectivity index (χ4v) is 4.59. The monoisotopic (exact) mass is 491 g/mol. The molecule has 1 atom stereocenters. The van der Waals surface area contributed by atoms with Crippen LogP contribution in [0.4, 0.5) is 0 Å². The van der Waals surface area contributed by atoms with Gasteiger partial charge in [0.25, 0.3) is 0 Å². The third-order valence-corrected chi connectivity index (χ3v) is 7.77. The summed E-state index contributed by atoms with van der Waals surface area (Å²) in [7, 11) is 2.20. The Hall–Kier alpha value is 1.08. The first-order valence-electron chi connectivity index (χ1n) is 3.71. The summed E-state index contributed by atoms with van der Waals surface area (Å²) >= 11 is 3.25. The minimum atomic E-state index is 0.418. The average Bonchev–Trinajstić information content (AvgIpc) is 2.06. The van der Waals surface area contributed by atoms with Gasteiger partial charge in [-0.1, -0.05) is 0 Å². The molecule has 1 nitrogen and oxygen atoms in total. The Labute approximate surface area is 90.4 Å². The number of nitrogens with zero attached hydrogens (tertiary/aromatic N) is 1. The molecule has 0 aromatic heterocycles. The van der Waals surface area contributed by atoms with Gasteiger partial charge < -0.3 is 0 Å². The molecule has 0 bridgehead atoms. The molecular formula is C8H13NW2. The third-order valence-electron chi connectivity index (χ3n) is 2.64. The van der Waals surface area contributed by atoms with Crippen molar-refractivity contribution in [1.82, 2.24) is 4.90 Å². The van der Waals surface area contributed by atoms with Gasteiger partial charge in [0.05, 0.1) is 0 Å². The summed E-state index contributed by atoms with van der Waals surface area (Å²) in [5.41, 5.74) is 0.418. The van der Waals surface area contributed by atoms with Crippen molar-refractivity contribution in [2.45, 2.75) is 20.8 Å². The molecule has 11 heavy (non-hydrogen) atoms. The van der Waals surface area contributed by atoms with Gasteiger partial charge in [-0.25, -0.2) is 0 Å². The quantitative estimate of drug-likeness (QED) is 0.489. The van der Waals surface area contributed by atoms with Crippen molar-refractivity contribution in [3.63, 3.8) is 0 Å². The van der Waals surface area contributed by atoms with Gasteiger partial charge in [-0.2, -0.15) is 0 Å². The first-order valence-corrected chi connectivity index (χ1v) is 6.64. The van der Waals surface area contributed by atoms with Crippen LogP contribution in [0.15, 0.2) is 0 Å². The van der Waals surface area contributed by atoms with E-state index in [-0.39, 0.29) is 0 Å². The molecule has 62 valence electrons. The van der Waals surface area contributed by atoms with E-state index in [4.69, 9.17) is 0 Å². The van der Waals surface area contributed by atoms with E-state index in [0.717, 1.165) is 5.92 Å². The molecule has 0 aliphatic carbocycles. The van der Waals surface area contributed by atoms with E-state index < -0.39 is 0 Å². The summed E-state index contributed by atoms with van der Waals surface area (Å²) in [5.74, 6) is 0.745. The van der Waals surface area contributed by atoms with Crippen molar-refractivity contribution in [1.29, 1.82) is 0 Å². The topological polar surface area (TPSA) is 3.24 Å². The minimum absolute atomic E-state index is 0.418. The van der Waals surface area contributed by atoms with Gasteiger partial charge in [-0.15, -0.1) is 0 Å². The van der Waals surface area contributed by atoms with Crippen LogP contribution in [0.1, 0.15) is 20.8 Å². The molecule has 0 spiro atoms. The van der Waals surface area contributed by atoms with Gasteiger partial charge in [-0.3, -0.25) is 0 Å². The van der Waals surface area contributed by atoms with E-state index in [0.29, 0.717) is 5.41 Å². The average molecular weight is 491 g/mol. The second-order valence-corrected chi connectivity index (χ2v) is 6.54. The first kappa shape index (κ1) is 10.2. The van der Waals surface area contributed by atoms with E-state index in [1.54, 1.807) is 46.8 Å². The normalized spacial score (nSPS) is 31.5. The zero-order valence-corrected chi connectivity index (χ0v) is 13.2. The molecular weight excluding hydrogens is 478 g/mol. The predicted octanol–water partition coefficient (Wildman–Crippen LogP) is 0.948. The Balaban J connectivity index is 3.06. The Bertz CT molecular complexity index is 220. The molecule has 0 amide bonds. The zero-order chi connectivity index (χ0) is 8.81. The van der Waals surface area contributed by atoms with Crippen LogP contribution in [0.3, 0.4) is 0 Å². The van der Waals surface area contributed by atoms with Crippen molar-refractivity contribution < 1.29 is 38.7 Å². The molecule has 1 unspecified atom stereocenters. The van der Waals surface area contributed by atoms with Crippen LogP contribution in [-0.4, -0.2) is 20.0 Å². The Morgan fingerprint density at radius 1 is 1.36 bits per heavy atom. The van der Waals surface area contributed by atoms with Crippen LogP contribution < -0.4 is 0 Å². The first-order chi connectivity index (χ1) is 4.89. The van der Waals surface area contributed by atoms with Gasteiger partial charge in [0.2, 0.25) is 0 Å². The Morgan fingerprint density at radius 3 is 1.91 bits per heavy atom. The zero-order valence-electron chi connectivity index (χ0n) is 7.34. The van der Waals surface area contributed by atoms with E-state index in [9.17, 15) is 0 Å². The molecule has 3 heteroatoms. The Kier molecular flexibility index (Phi) is 2.85. The number of hydrogen-bond acceptors (Lipinski definition) is 1. The molecule has 1 fully saturated rings. The summed E-state index contributed by atoms with van der Waals surface area (Å²) in [5, 5.41) is 0. The number of rotatable bonds is 0. The van der Waals surface area contributed by atoms with E-state index in [1.165, 1.54) is 0 Å². The van der Waals surface area contributed by atoms with E-state index in [2.05, 4.69) is 32.7 Å². The standard InChI is InChI=1S/C8H13N.2W/c1-7-5-9(4)6-8(7,2)3;;/h7H,1-4H3;;. The van der Waals surface area contributed by atoms with Gasteiger partial charge in [0, 0.05) is 0 Å². The molecule has 0 radical (unpaired) electrons. The van der Waals surface area contributed by atoms with Crippen molar-refractivity contribution in [2.75, 3.05) is 7.05 Å². The predicted molar refractivity (Wildman–Crippen MR) is 40.7 cm³/mol. The second kappa shape index (κ2) is 3.09. The molecule has 0 aromatic rings. The van der Waals surface area contributed by atoms with Crippen molar-refractivity contribution >= 4 is 8.04 Å². The van der Waals surface area contributed by atoms with Crippen LogP contribution in [0.5, 0.6) is 0 Å². The molecule has 1 rings (SSSR count). The fraction of sp³-hybridized carbons (Fsp3) is 0.750. The fourth-order valence-electron chi connectivity index (χ4n) is 1.32. The molecule has 0 aromatic carbocycles. The Morgan fingerprint density at radius 2 is 1.82 bits per heavy atom. The van der Waals surface area contributed by atoms with Gasteiger partial charge >= 0.3 is 90.8 Å².